The summed E-state index contributed by atoms with van der Waals surface area (Å²) in [5.74, 6) is 1.09. The van der Waals surface area contributed by atoms with E-state index in [0.29, 0.717) is 5.25 Å². The summed E-state index contributed by atoms with van der Waals surface area (Å²) in [4.78, 5) is 0. The summed E-state index contributed by atoms with van der Waals surface area (Å²) in [6.07, 6.45) is 3.67. The van der Waals surface area contributed by atoms with E-state index in [1.165, 1.54) is 12.8 Å². The lowest BCUT2D eigenvalue weighted by molar-refractivity contribution is 0.665. The Bertz CT molecular complexity index is 114. The molecule has 1 aliphatic rings. The van der Waals surface area contributed by atoms with Gasteiger partial charge in [0, 0.05) is 11.0 Å². The van der Waals surface area contributed by atoms with Gasteiger partial charge in [0.15, 0.2) is 0 Å². The van der Waals surface area contributed by atoms with Gasteiger partial charge in [0.1, 0.15) is 0 Å². The summed E-state index contributed by atoms with van der Waals surface area (Å²) in [7, 11) is 1.03. The van der Waals surface area contributed by atoms with Gasteiger partial charge in [-0.3, -0.25) is 0 Å². The van der Waals surface area contributed by atoms with Gasteiger partial charge in [0.25, 0.3) is 0 Å². The molecule has 1 fully saturated rings. The quantitative estimate of drug-likeness (QED) is 0.509. The lowest BCUT2D eigenvalue weighted by Gasteiger charge is -2.02. The Hall–Kier alpha value is 0.500. The molecular formula is C6H12OS2. The minimum atomic E-state index is -0.586. The van der Waals surface area contributed by atoms with Crippen molar-refractivity contribution in [2.24, 2.45) is 0 Å². The van der Waals surface area contributed by atoms with Crippen molar-refractivity contribution in [3.8, 4) is 0 Å². The van der Waals surface area contributed by atoms with Crippen molar-refractivity contribution in [1.82, 2.24) is 0 Å². The molecule has 0 aromatic carbocycles. The minimum absolute atomic E-state index is 0.428. The van der Waals surface area contributed by atoms with Gasteiger partial charge in [-0.1, -0.05) is 17.2 Å². The van der Waals surface area contributed by atoms with Gasteiger partial charge in [-0.2, -0.15) is 0 Å². The summed E-state index contributed by atoms with van der Waals surface area (Å²) < 4.78 is 11.1. The van der Waals surface area contributed by atoms with Crippen LogP contribution < -0.4 is 0 Å². The van der Waals surface area contributed by atoms with Crippen LogP contribution in [0.5, 0.6) is 0 Å². The lowest BCUT2D eigenvalue weighted by Crippen LogP contribution is -2.03. The molecule has 1 heterocycles. The molecule has 9 heavy (non-hydrogen) atoms. The Morgan fingerprint density at radius 1 is 1.56 bits per heavy atom. The van der Waals surface area contributed by atoms with E-state index in [0.717, 1.165) is 12.2 Å². The smallest absolute Gasteiger partial charge is 0.0832 e. The van der Waals surface area contributed by atoms with Crippen molar-refractivity contribution in [2.75, 3.05) is 5.75 Å². The molecule has 0 aromatic heterocycles. The molecule has 0 spiro atoms. The molecule has 0 bridgehead atoms. The summed E-state index contributed by atoms with van der Waals surface area (Å²) in [5.41, 5.74) is 0. The fourth-order valence-electron chi connectivity index (χ4n) is 0.887. The summed E-state index contributed by atoms with van der Waals surface area (Å²) in [6, 6.07) is 0. The van der Waals surface area contributed by atoms with Crippen LogP contribution in [0.25, 0.3) is 0 Å². The van der Waals surface area contributed by atoms with Crippen LogP contribution in [0, 0.1) is 0 Å². The summed E-state index contributed by atoms with van der Waals surface area (Å²) in [6.45, 7) is 2.08. The highest BCUT2D eigenvalue weighted by molar-refractivity contribution is 8.69. The zero-order valence-corrected chi connectivity index (χ0v) is 7.26. The number of rotatable bonds is 0. The molecule has 1 nitrogen and oxygen atoms in total. The van der Waals surface area contributed by atoms with Crippen LogP contribution in [0.1, 0.15) is 26.2 Å². The van der Waals surface area contributed by atoms with Gasteiger partial charge < -0.3 is 0 Å². The molecule has 0 N–H and O–H groups in total. The SMILES string of the molecule is CC1CCCCSS1=O. The van der Waals surface area contributed by atoms with Crippen LogP contribution in [0.3, 0.4) is 0 Å². The van der Waals surface area contributed by atoms with Gasteiger partial charge in [-0.25, -0.2) is 4.21 Å². The zero-order valence-electron chi connectivity index (χ0n) is 5.63. The highest BCUT2D eigenvalue weighted by Crippen LogP contribution is 2.23. The topological polar surface area (TPSA) is 17.1 Å². The second kappa shape index (κ2) is 3.62. The predicted octanol–water partition coefficient (Wildman–Crippen LogP) is 1.96. The number of hydrogen-bond donors (Lipinski definition) is 0. The first kappa shape index (κ1) is 7.61. The van der Waals surface area contributed by atoms with Crippen LogP contribution in [-0.2, 0) is 9.83 Å². The molecule has 0 aromatic rings. The standard InChI is InChI=1S/C6H12OS2/c1-6-4-2-3-5-8-9(6)7/h6H,2-5H2,1H3. The maximum absolute atomic E-state index is 11.1. The van der Waals surface area contributed by atoms with Gasteiger partial charge in [0.05, 0.1) is 9.83 Å². The molecule has 54 valence electrons. The largest absolute Gasteiger partial charge is 0.248 e. The minimum Gasteiger partial charge on any atom is -0.248 e. The fraction of sp³-hybridized carbons (Fsp3) is 1.00. The Morgan fingerprint density at radius 3 is 3.11 bits per heavy atom. The van der Waals surface area contributed by atoms with E-state index in [4.69, 9.17) is 0 Å². The van der Waals surface area contributed by atoms with Gasteiger partial charge in [0.2, 0.25) is 0 Å². The van der Waals surface area contributed by atoms with E-state index >= 15 is 0 Å². The van der Waals surface area contributed by atoms with Gasteiger partial charge >= 0.3 is 0 Å². The van der Waals surface area contributed by atoms with Crippen molar-refractivity contribution in [2.45, 2.75) is 31.4 Å². The molecule has 1 saturated heterocycles. The lowest BCUT2D eigenvalue weighted by atomic mass is 10.2. The molecule has 1 rings (SSSR count). The third-order valence-electron chi connectivity index (χ3n) is 1.53. The predicted molar refractivity (Wildman–Crippen MR) is 43.9 cm³/mol. The van der Waals surface area contributed by atoms with Crippen LogP contribution in [0.2, 0.25) is 0 Å². The van der Waals surface area contributed by atoms with E-state index in [1.54, 1.807) is 10.8 Å². The zero-order chi connectivity index (χ0) is 6.69. The van der Waals surface area contributed by atoms with Gasteiger partial charge in [-0.05, 0) is 19.8 Å². The maximum Gasteiger partial charge on any atom is 0.0832 e. The third-order valence-corrected chi connectivity index (χ3v) is 5.30. The fourth-order valence-corrected chi connectivity index (χ4v) is 3.80. The molecule has 3 heteroatoms. The molecule has 1 aliphatic heterocycles. The Morgan fingerprint density at radius 2 is 2.33 bits per heavy atom. The molecule has 0 aliphatic carbocycles. The first-order valence-electron chi connectivity index (χ1n) is 3.34. The molecule has 0 amide bonds. The average Bonchev–Trinajstić information content (AvgIpc) is 1.99. The van der Waals surface area contributed by atoms with E-state index in [2.05, 4.69) is 6.92 Å². The van der Waals surface area contributed by atoms with E-state index in [9.17, 15) is 4.21 Å². The molecular weight excluding hydrogens is 152 g/mol. The highest BCUT2D eigenvalue weighted by Gasteiger charge is 2.14. The molecule has 0 radical (unpaired) electrons. The first-order valence-corrected chi connectivity index (χ1v) is 6.06. The van der Waals surface area contributed by atoms with Crippen molar-refractivity contribution >= 4 is 20.6 Å². The van der Waals surface area contributed by atoms with Gasteiger partial charge in [-0.15, -0.1) is 0 Å². The summed E-state index contributed by atoms with van der Waals surface area (Å²) >= 11 is 0. The second-order valence-electron chi connectivity index (χ2n) is 2.39. The summed E-state index contributed by atoms with van der Waals surface area (Å²) in [5, 5.41) is 0.428. The molecule has 0 saturated carbocycles. The normalized spacial score (nSPS) is 37.9. The Kier molecular flexibility index (Phi) is 3.06. The van der Waals surface area contributed by atoms with E-state index in [1.807, 2.05) is 0 Å². The average molecular weight is 164 g/mol. The monoisotopic (exact) mass is 164 g/mol. The van der Waals surface area contributed by atoms with E-state index < -0.39 is 9.83 Å². The first-order chi connectivity index (χ1) is 4.30. The van der Waals surface area contributed by atoms with Crippen LogP contribution in [0.4, 0.5) is 0 Å². The van der Waals surface area contributed by atoms with Crippen molar-refractivity contribution < 1.29 is 4.21 Å². The van der Waals surface area contributed by atoms with Crippen LogP contribution in [0.15, 0.2) is 0 Å². The maximum atomic E-state index is 11.1. The number of hydrogen-bond acceptors (Lipinski definition) is 2. The van der Waals surface area contributed by atoms with E-state index in [-0.39, 0.29) is 0 Å². The van der Waals surface area contributed by atoms with Crippen LogP contribution >= 0.6 is 10.8 Å². The highest BCUT2D eigenvalue weighted by atomic mass is 33.1. The third kappa shape index (κ3) is 2.30. The van der Waals surface area contributed by atoms with Crippen molar-refractivity contribution in [1.29, 1.82) is 0 Å². The van der Waals surface area contributed by atoms with Crippen LogP contribution in [-0.4, -0.2) is 15.2 Å². The van der Waals surface area contributed by atoms with Crippen molar-refractivity contribution in [3.05, 3.63) is 0 Å². The molecule has 2 unspecified atom stereocenters. The van der Waals surface area contributed by atoms with Crippen molar-refractivity contribution in [3.63, 3.8) is 0 Å². The Balaban J connectivity index is 2.41. The second-order valence-corrected chi connectivity index (χ2v) is 6.05. The Labute approximate surface area is 62.5 Å². The molecule has 2 atom stereocenters.